The summed E-state index contributed by atoms with van der Waals surface area (Å²) in [6, 6.07) is 18.7. The molecule has 6 heteroatoms. The molecule has 2 aromatic carbocycles. The summed E-state index contributed by atoms with van der Waals surface area (Å²) < 4.78 is 6.20. The fourth-order valence-electron chi connectivity index (χ4n) is 4.12. The van der Waals surface area contributed by atoms with E-state index >= 15 is 0 Å². The van der Waals surface area contributed by atoms with Crippen LogP contribution in [0, 0.1) is 5.41 Å². The van der Waals surface area contributed by atoms with Crippen LogP contribution in [0.1, 0.15) is 17.5 Å². The van der Waals surface area contributed by atoms with E-state index in [1.54, 1.807) is 6.08 Å². The van der Waals surface area contributed by atoms with E-state index in [1.165, 1.54) is 14.1 Å². The van der Waals surface area contributed by atoms with E-state index in [2.05, 4.69) is 0 Å². The molecule has 0 radical (unpaired) electrons. The predicted octanol–water partition coefficient (Wildman–Crippen LogP) is 3.61. The smallest absolute Gasteiger partial charge is 0.332 e. The van der Waals surface area contributed by atoms with Crippen LogP contribution in [0.3, 0.4) is 0 Å². The number of allylic oxidation sites excluding steroid dienone is 1. The molecule has 6 nitrogen and oxygen atoms in total. The summed E-state index contributed by atoms with van der Waals surface area (Å²) in [7, 11) is 2.81. The molecule has 0 saturated carbocycles. The van der Waals surface area contributed by atoms with E-state index in [4.69, 9.17) is 4.74 Å². The molecular weight excluding hydrogens is 392 g/mol. The Bertz CT molecular complexity index is 1040. The summed E-state index contributed by atoms with van der Waals surface area (Å²) in [5.74, 6) is -1.09. The highest BCUT2D eigenvalue weighted by atomic mass is 16.5. The molecule has 1 fully saturated rings. The van der Waals surface area contributed by atoms with Crippen molar-refractivity contribution in [2.75, 3.05) is 20.7 Å². The highest BCUT2D eigenvalue weighted by Crippen LogP contribution is 2.41. The monoisotopic (exact) mass is 416 g/mol. The number of carbonyl (C=O) groups excluding carboxylic acids is 3. The van der Waals surface area contributed by atoms with E-state index in [-0.39, 0.29) is 13.0 Å². The Balaban J connectivity index is 1.79. The van der Waals surface area contributed by atoms with Gasteiger partial charge in [0.25, 0.3) is 0 Å². The summed E-state index contributed by atoms with van der Waals surface area (Å²) in [6.45, 7) is 0.248. The molecule has 158 valence electrons. The number of rotatable bonds is 3. The first-order chi connectivity index (χ1) is 14.9. The predicted molar refractivity (Wildman–Crippen MR) is 118 cm³/mol. The van der Waals surface area contributed by atoms with Gasteiger partial charge in [-0.25, -0.2) is 4.79 Å². The number of urea groups is 1. The average molecular weight is 416 g/mol. The second-order valence-corrected chi connectivity index (χ2v) is 7.78. The lowest BCUT2D eigenvalue weighted by Gasteiger charge is -2.43. The lowest BCUT2D eigenvalue weighted by atomic mass is 9.74. The van der Waals surface area contributed by atoms with Crippen LogP contribution in [-0.4, -0.2) is 54.5 Å². The van der Waals surface area contributed by atoms with Crippen LogP contribution in [0.15, 0.2) is 72.8 Å². The van der Waals surface area contributed by atoms with Crippen molar-refractivity contribution in [3.05, 3.63) is 83.9 Å². The number of imide groups is 2. The van der Waals surface area contributed by atoms with Crippen molar-refractivity contribution in [1.29, 1.82) is 0 Å². The van der Waals surface area contributed by atoms with Gasteiger partial charge in [0.1, 0.15) is 6.10 Å². The van der Waals surface area contributed by atoms with Gasteiger partial charge in [0.05, 0.1) is 6.61 Å². The maximum Gasteiger partial charge on any atom is 0.332 e. The zero-order valence-corrected chi connectivity index (χ0v) is 17.5. The zero-order valence-electron chi connectivity index (χ0n) is 17.5. The minimum absolute atomic E-state index is 0.140. The molecule has 4 rings (SSSR count). The van der Waals surface area contributed by atoms with Crippen LogP contribution in [0.25, 0.3) is 11.6 Å². The quantitative estimate of drug-likeness (QED) is 0.717. The summed E-state index contributed by atoms with van der Waals surface area (Å²) >= 11 is 0. The van der Waals surface area contributed by atoms with Crippen molar-refractivity contribution in [3.63, 3.8) is 0 Å². The SMILES string of the molecule is CN1C(=O)N(C)C(=O)C2(CC=C(c3ccccc3)COC2/C=C/c2ccccc2)C1=O. The third-order valence-corrected chi connectivity index (χ3v) is 5.93. The van der Waals surface area contributed by atoms with E-state index in [1.807, 2.05) is 72.8 Å². The number of ether oxygens (including phenoxy) is 1. The van der Waals surface area contributed by atoms with Gasteiger partial charge < -0.3 is 4.74 Å². The van der Waals surface area contributed by atoms with Crippen molar-refractivity contribution in [3.8, 4) is 0 Å². The fraction of sp³-hybridized carbons (Fsp3) is 0.240. The number of hydrogen-bond acceptors (Lipinski definition) is 4. The van der Waals surface area contributed by atoms with Gasteiger partial charge in [0.2, 0.25) is 11.8 Å². The van der Waals surface area contributed by atoms with Gasteiger partial charge in [-0.3, -0.25) is 19.4 Å². The van der Waals surface area contributed by atoms with Gasteiger partial charge in [-0.05, 0) is 23.1 Å². The second kappa shape index (κ2) is 8.32. The zero-order chi connectivity index (χ0) is 22.0. The molecule has 2 aliphatic heterocycles. The van der Waals surface area contributed by atoms with Gasteiger partial charge in [-0.2, -0.15) is 0 Å². The normalized spacial score (nSPS) is 21.5. The molecule has 31 heavy (non-hydrogen) atoms. The average Bonchev–Trinajstić information content (AvgIpc) is 3.01. The summed E-state index contributed by atoms with van der Waals surface area (Å²) in [6.07, 6.45) is 4.80. The highest BCUT2D eigenvalue weighted by Gasteiger charge is 2.59. The number of amides is 4. The highest BCUT2D eigenvalue weighted by molar-refractivity contribution is 6.19. The molecule has 0 aliphatic carbocycles. The van der Waals surface area contributed by atoms with Crippen molar-refractivity contribution in [2.45, 2.75) is 12.5 Å². The Morgan fingerprint density at radius 3 is 2.10 bits per heavy atom. The Labute approximate surface area is 181 Å². The fourth-order valence-corrected chi connectivity index (χ4v) is 4.12. The van der Waals surface area contributed by atoms with E-state index in [0.717, 1.165) is 26.5 Å². The van der Waals surface area contributed by atoms with Crippen molar-refractivity contribution in [2.24, 2.45) is 5.41 Å². The number of barbiturate groups is 1. The second-order valence-electron chi connectivity index (χ2n) is 7.78. The molecular formula is C25H24N2O4. The van der Waals surface area contributed by atoms with Crippen LogP contribution in [0.5, 0.6) is 0 Å². The molecule has 1 saturated heterocycles. The van der Waals surface area contributed by atoms with Crippen molar-refractivity contribution in [1.82, 2.24) is 9.80 Å². The Morgan fingerprint density at radius 1 is 0.903 bits per heavy atom. The molecule has 4 amide bonds. The number of carbonyl (C=O) groups is 3. The van der Waals surface area contributed by atoms with Crippen LogP contribution in [-0.2, 0) is 14.3 Å². The van der Waals surface area contributed by atoms with Crippen molar-refractivity contribution < 1.29 is 19.1 Å². The maximum atomic E-state index is 13.4. The van der Waals surface area contributed by atoms with Gasteiger partial charge in [0, 0.05) is 14.1 Å². The molecule has 0 N–H and O–H groups in total. The van der Waals surface area contributed by atoms with Crippen molar-refractivity contribution >= 4 is 29.5 Å². The Hall–Kier alpha value is -3.51. The number of benzene rings is 2. The number of hydrogen-bond donors (Lipinski definition) is 0. The third-order valence-electron chi connectivity index (χ3n) is 5.93. The minimum atomic E-state index is -1.54. The minimum Gasteiger partial charge on any atom is -0.368 e. The largest absolute Gasteiger partial charge is 0.368 e. The topological polar surface area (TPSA) is 66.9 Å². The van der Waals surface area contributed by atoms with E-state index in [0.29, 0.717) is 0 Å². The summed E-state index contributed by atoms with van der Waals surface area (Å²) in [4.78, 5) is 41.2. The van der Waals surface area contributed by atoms with Crippen LogP contribution in [0.2, 0.25) is 0 Å². The van der Waals surface area contributed by atoms with Gasteiger partial charge in [-0.15, -0.1) is 0 Å². The molecule has 2 aliphatic rings. The molecule has 1 spiro atoms. The Kier molecular flexibility index (Phi) is 5.57. The van der Waals surface area contributed by atoms with Crippen LogP contribution in [0.4, 0.5) is 4.79 Å². The third kappa shape index (κ3) is 3.59. The maximum absolute atomic E-state index is 13.4. The van der Waals surface area contributed by atoms with Gasteiger partial charge >= 0.3 is 6.03 Å². The first-order valence-corrected chi connectivity index (χ1v) is 10.1. The van der Waals surface area contributed by atoms with E-state index < -0.39 is 29.4 Å². The van der Waals surface area contributed by atoms with E-state index in [9.17, 15) is 14.4 Å². The molecule has 2 heterocycles. The van der Waals surface area contributed by atoms with Gasteiger partial charge in [-0.1, -0.05) is 78.9 Å². The molecule has 2 aromatic rings. The molecule has 0 bridgehead atoms. The van der Waals surface area contributed by atoms with Crippen LogP contribution >= 0.6 is 0 Å². The van der Waals surface area contributed by atoms with Crippen LogP contribution < -0.4 is 0 Å². The molecule has 1 unspecified atom stereocenters. The summed E-state index contributed by atoms with van der Waals surface area (Å²) in [5.41, 5.74) is 1.26. The number of nitrogens with zero attached hydrogens (tertiary/aromatic N) is 2. The van der Waals surface area contributed by atoms with Gasteiger partial charge in [0.15, 0.2) is 5.41 Å². The first-order valence-electron chi connectivity index (χ1n) is 10.1. The molecule has 0 aromatic heterocycles. The summed E-state index contributed by atoms with van der Waals surface area (Å²) in [5, 5.41) is 0. The lowest BCUT2D eigenvalue weighted by molar-refractivity contribution is -0.164. The first kappa shape index (κ1) is 20.8. The lowest BCUT2D eigenvalue weighted by Crippen LogP contribution is -2.66. The standard InChI is InChI=1S/C25H24N2O4/c1-26-22(28)25(23(29)27(2)24(26)30)16-15-20(19-11-7-4-8-12-19)17-31-21(25)14-13-18-9-5-3-6-10-18/h3-15,21H,16-17H2,1-2H3/b14-13+. The molecule has 1 atom stereocenters. The Morgan fingerprint density at radius 2 is 1.48 bits per heavy atom.